The van der Waals surface area contributed by atoms with Crippen molar-refractivity contribution in [3.05, 3.63) is 12.2 Å². The standard InChI is InChI=1S/C10H14O2/c1-8-7-9(11)3-5-10(8)4-2-6-12-10/h3,5,8H,2,4,6-7H2,1H3/t8-,10-/m0/s1. The fourth-order valence-electron chi connectivity index (χ4n) is 2.14. The van der Waals surface area contributed by atoms with Crippen molar-refractivity contribution in [2.75, 3.05) is 6.61 Å². The first-order valence-electron chi connectivity index (χ1n) is 4.59. The normalized spacial score (nSPS) is 41.1. The molecule has 2 atom stereocenters. The zero-order chi connectivity index (χ0) is 8.60. The van der Waals surface area contributed by atoms with E-state index in [9.17, 15) is 4.79 Å². The Labute approximate surface area is 72.6 Å². The van der Waals surface area contributed by atoms with Gasteiger partial charge < -0.3 is 4.74 Å². The van der Waals surface area contributed by atoms with Crippen LogP contribution in [0.25, 0.3) is 0 Å². The lowest BCUT2D eigenvalue weighted by Gasteiger charge is -2.33. The van der Waals surface area contributed by atoms with Gasteiger partial charge in [-0.1, -0.05) is 6.92 Å². The Morgan fingerprint density at radius 1 is 1.67 bits per heavy atom. The fourth-order valence-corrected chi connectivity index (χ4v) is 2.14. The molecule has 2 heteroatoms. The summed E-state index contributed by atoms with van der Waals surface area (Å²) >= 11 is 0. The quantitative estimate of drug-likeness (QED) is 0.547. The Morgan fingerprint density at radius 3 is 3.08 bits per heavy atom. The lowest BCUT2D eigenvalue weighted by molar-refractivity contribution is -0.118. The zero-order valence-corrected chi connectivity index (χ0v) is 7.38. The van der Waals surface area contributed by atoms with Crippen LogP contribution in [0.4, 0.5) is 0 Å². The summed E-state index contributed by atoms with van der Waals surface area (Å²) in [6.45, 7) is 2.95. The summed E-state index contributed by atoms with van der Waals surface area (Å²) < 4.78 is 5.70. The molecule has 0 aromatic heterocycles. The van der Waals surface area contributed by atoms with Crippen molar-refractivity contribution in [2.24, 2.45) is 5.92 Å². The highest BCUT2D eigenvalue weighted by Crippen LogP contribution is 2.38. The minimum absolute atomic E-state index is 0.0894. The summed E-state index contributed by atoms with van der Waals surface area (Å²) in [6.07, 6.45) is 6.51. The molecule has 0 N–H and O–H groups in total. The molecule has 1 aliphatic carbocycles. The highest BCUT2D eigenvalue weighted by molar-refractivity contribution is 5.91. The van der Waals surface area contributed by atoms with Crippen LogP contribution in [0.5, 0.6) is 0 Å². The third kappa shape index (κ3) is 1.11. The van der Waals surface area contributed by atoms with Gasteiger partial charge in [0.2, 0.25) is 0 Å². The maximum absolute atomic E-state index is 11.1. The second kappa shape index (κ2) is 2.70. The molecule has 0 bridgehead atoms. The van der Waals surface area contributed by atoms with Gasteiger partial charge in [-0.2, -0.15) is 0 Å². The largest absolute Gasteiger partial charge is 0.371 e. The summed E-state index contributed by atoms with van der Waals surface area (Å²) in [5, 5.41) is 0. The molecule has 12 heavy (non-hydrogen) atoms. The van der Waals surface area contributed by atoms with Crippen LogP contribution in [-0.4, -0.2) is 18.0 Å². The zero-order valence-electron chi connectivity index (χ0n) is 7.38. The average Bonchev–Trinajstić information content (AvgIpc) is 2.48. The predicted molar refractivity (Wildman–Crippen MR) is 45.8 cm³/mol. The molecule has 1 heterocycles. The Morgan fingerprint density at radius 2 is 2.50 bits per heavy atom. The number of ketones is 1. The summed E-state index contributed by atoms with van der Waals surface area (Å²) in [6, 6.07) is 0. The van der Waals surface area contributed by atoms with Gasteiger partial charge >= 0.3 is 0 Å². The minimum Gasteiger partial charge on any atom is -0.371 e. The molecular weight excluding hydrogens is 152 g/mol. The van der Waals surface area contributed by atoms with Crippen LogP contribution >= 0.6 is 0 Å². The molecule has 2 rings (SSSR count). The van der Waals surface area contributed by atoms with Crippen molar-refractivity contribution in [2.45, 2.75) is 31.8 Å². The number of allylic oxidation sites excluding steroid dienone is 1. The first-order chi connectivity index (χ1) is 5.73. The molecule has 0 saturated carbocycles. The first kappa shape index (κ1) is 7.99. The molecule has 1 saturated heterocycles. The van der Waals surface area contributed by atoms with Crippen molar-refractivity contribution >= 4 is 5.78 Å². The van der Waals surface area contributed by atoms with Crippen LogP contribution in [0.1, 0.15) is 26.2 Å². The van der Waals surface area contributed by atoms with Crippen molar-refractivity contribution in [3.63, 3.8) is 0 Å². The van der Waals surface area contributed by atoms with E-state index < -0.39 is 0 Å². The van der Waals surface area contributed by atoms with Gasteiger partial charge in [0, 0.05) is 13.0 Å². The molecule has 2 aliphatic rings. The highest BCUT2D eigenvalue weighted by Gasteiger charge is 2.40. The molecule has 0 aromatic rings. The van der Waals surface area contributed by atoms with Crippen LogP contribution in [0.3, 0.4) is 0 Å². The number of rotatable bonds is 0. The van der Waals surface area contributed by atoms with Crippen molar-refractivity contribution < 1.29 is 9.53 Å². The third-order valence-electron chi connectivity index (χ3n) is 2.98. The predicted octanol–water partition coefficient (Wildman–Crippen LogP) is 1.70. The van der Waals surface area contributed by atoms with Crippen LogP contribution in [0.2, 0.25) is 0 Å². The van der Waals surface area contributed by atoms with Gasteiger partial charge in [-0.15, -0.1) is 0 Å². The average molecular weight is 166 g/mol. The lowest BCUT2D eigenvalue weighted by atomic mass is 9.79. The van der Waals surface area contributed by atoms with Gasteiger partial charge in [-0.3, -0.25) is 4.79 Å². The van der Waals surface area contributed by atoms with Crippen LogP contribution < -0.4 is 0 Å². The Bertz CT molecular complexity index is 224. The molecule has 1 aliphatic heterocycles. The second-order valence-electron chi connectivity index (χ2n) is 3.81. The fraction of sp³-hybridized carbons (Fsp3) is 0.700. The van der Waals surface area contributed by atoms with E-state index in [4.69, 9.17) is 4.74 Å². The van der Waals surface area contributed by atoms with E-state index in [2.05, 4.69) is 6.92 Å². The topological polar surface area (TPSA) is 26.3 Å². The Balaban J connectivity index is 2.24. The van der Waals surface area contributed by atoms with Gasteiger partial charge in [0.15, 0.2) is 5.78 Å². The maximum Gasteiger partial charge on any atom is 0.155 e. The van der Waals surface area contributed by atoms with Gasteiger partial charge in [-0.25, -0.2) is 0 Å². The van der Waals surface area contributed by atoms with Crippen LogP contribution in [-0.2, 0) is 9.53 Å². The smallest absolute Gasteiger partial charge is 0.155 e. The van der Waals surface area contributed by atoms with Gasteiger partial charge in [-0.05, 0) is 30.9 Å². The van der Waals surface area contributed by atoms with E-state index in [1.54, 1.807) is 6.08 Å². The van der Waals surface area contributed by atoms with E-state index in [1.165, 1.54) is 0 Å². The van der Waals surface area contributed by atoms with Gasteiger partial charge in [0.25, 0.3) is 0 Å². The van der Waals surface area contributed by atoms with Crippen molar-refractivity contribution in [3.8, 4) is 0 Å². The molecule has 1 spiro atoms. The number of carbonyl (C=O) groups is 1. The SMILES string of the molecule is C[C@H]1CC(=O)C=C[C@@]12CCCO2. The Hall–Kier alpha value is -0.630. The van der Waals surface area contributed by atoms with E-state index in [1.807, 2.05) is 6.08 Å². The molecule has 66 valence electrons. The molecule has 0 aromatic carbocycles. The minimum atomic E-state index is -0.0894. The summed E-state index contributed by atoms with van der Waals surface area (Å²) in [5.74, 6) is 0.598. The van der Waals surface area contributed by atoms with Crippen LogP contribution in [0, 0.1) is 5.92 Å². The molecule has 1 fully saturated rings. The second-order valence-corrected chi connectivity index (χ2v) is 3.81. The summed E-state index contributed by atoms with van der Waals surface area (Å²) in [4.78, 5) is 11.1. The Kier molecular flexibility index (Phi) is 1.80. The van der Waals surface area contributed by atoms with Gasteiger partial charge in [0.1, 0.15) is 0 Å². The van der Waals surface area contributed by atoms with E-state index >= 15 is 0 Å². The number of hydrogen-bond acceptors (Lipinski definition) is 2. The highest BCUT2D eigenvalue weighted by atomic mass is 16.5. The third-order valence-corrected chi connectivity index (χ3v) is 2.98. The monoisotopic (exact) mass is 166 g/mol. The van der Waals surface area contributed by atoms with Crippen molar-refractivity contribution in [1.29, 1.82) is 0 Å². The maximum atomic E-state index is 11.1. The lowest BCUT2D eigenvalue weighted by Crippen LogP contribution is -2.37. The first-order valence-corrected chi connectivity index (χ1v) is 4.59. The van der Waals surface area contributed by atoms with E-state index in [0.717, 1.165) is 19.4 Å². The van der Waals surface area contributed by atoms with E-state index in [0.29, 0.717) is 12.3 Å². The van der Waals surface area contributed by atoms with Crippen LogP contribution in [0.15, 0.2) is 12.2 Å². The van der Waals surface area contributed by atoms with E-state index in [-0.39, 0.29) is 11.4 Å². The molecule has 0 unspecified atom stereocenters. The van der Waals surface area contributed by atoms with Gasteiger partial charge in [0.05, 0.1) is 5.60 Å². The molecule has 0 radical (unpaired) electrons. The number of carbonyl (C=O) groups excluding carboxylic acids is 1. The van der Waals surface area contributed by atoms with Crippen molar-refractivity contribution in [1.82, 2.24) is 0 Å². The molecular formula is C10H14O2. The molecule has 2 nitrogen and oxygen atoms in total. The summed E-state index contributed by atoms with van der Waals surface area (Å²) in [5.41, 5.74) is -0.0894. The molecule has 0 amide bonds. The number of hydrogen-bond donors (Lipinski definition) is 0. The number of ether oxygens (including phenoxy) is 1. The summed E-state index contributed by atoms with van der Waals surface area (Å²) in [7, 11) is 0.